The predicted molar refractivity (Wildman–Crippen MR) is 127 cm³/mol. The zero-order valence-electron chi connectivity index (χ0n) is 18.0. The summed E-state index contributed by atoms with van der Waals surface area (Å²) >= 11 is 6.13. The van der Waals surface area contributed by atoms with Crippen molar-refractivity contribution in [3.05, 3.63) is 88.4 Å². The Bertz CT molecular complexity index is 1050. The lowest BCUT2D eigenvalue weighted by molar-refractivity contribution is 0.237. The second kappa shape index (κ2) is 9.43. The van der Waals surface area contributed by atoms with Crippen molar-refractivity contribution in [3.8, 4) is 17.2 Å². The van der Waals surface area contributed by atoms with Gasteiger partial charge in [-0.05, 0) is 79.5 Å². The minimum Gasteiger partial charge on any atom is -0.508 e. The summed E-state index contributed by atoms with van der Waals surface area (Å²) in [5.41, 5.74) is 3.34. The normalized spacial score (nSPS) is 20.5. The Hall–Kier alpha value is -2.69. The number of phenolic OH excluding ortho intramolecular Hbond substituents is 1. The van der Waals surface area contributed by atoms with Crippen LogP contribution in [0.1, 0.15) is 41.4 Å². The van der Waals surface area contributed by atoms with Gasteiger partial charge in [0.2, 0.25) is 0 Å². The molecule has 166 valence electrons. The molecule has 0 spiro atoms. The topological polar surface area (TPSA) is 41.9 Å². The summed E-state index contributed by atoms with van der Waals surface area (Å²) in [6, 6.07) is 21.7. The van der Waals surface area contributed by atoms with Crippen LogP contribution in [0.25, 0.3) is 0 Å². The van der Waals surface area contributed by atoms with Gasteiger partial charge in [-0.25, -0.2) is 0 Å². The van der Waals surface area contributed by atoms with Gasteiger partial charge in [-0.3, -0.25) is 4.90 Å². The molecule has 1 N–H and O–H groups in total. The summed E-state index contributed by atoms with van der Waals surface area (Å²) in [5, 5.41) is 10.9. The Morgan fingerprint density at radius 2 is 1.66 bits per heavy atom. The van der Waals surface area contributed by atoms with Gasteiger partial charge in [0.05, 0.1) is 6.61 Å². The number of benzene rings is 3. The van der Waals surface area contributed by atoms with Crippen molar-refractivity contribution in [2.75, 3.05) is 32.8 Å². The second-order valence-corrected chi connectivity index (χ2v) is 9.07. The SMILES string of the molecule is Oc1ccc2c(c1)[C@H](c1ccc(OCCN3CCCC3)cc1)[C@@H](c1ccc(Cl)cc1)CO2. The van der Waals surface area contributed by atoms with Crippen LogP contribution in [0.5, 0.6) is 17.2 Å². The fourth-order valence-corrected chi connectivity index (χ4v) is 5.01. The zero-order chi connectivity index (χ0) is 21.9. The van der Waals surface area contributed by atoms with Gasteiger partial charge in [-0.1, -0.05) is 35.9 Å². The Balaban J connectivity index is 1.40. The van der Waals surface area contributed by atoms with Gasteiger partial charge < -0.3 is 14.6 Å². The van der Waals surface area contributed by atoms with Crippen LogP contribution in [0.15, 0.2) is 66.7 Å². The van der Waals surface area contributed by atoms with Crippen LogP contribution >= 0.6 is 11.6 Å². The molecule has 32 heavy (non-hydrogen) atoms. The highest BCUT2D eigenvalue weighted by Crippen LogP contribution is 2.47. The van der Waals surface area contributed by atoms with Gasteiger partial charge in [0, 0.05) is 29.0 Å². The van der Waals surface area contributed by atoms with Crippen LogP contribution in [-0.2, 0) is 0 Å². The van der Waals surface area contributed by atoms with Crippen molar-refractivity contribution in [2.45, 2.75) is 24.7 Å². The molecule has 5 rings (SSSR count). The van der Waals surface area contributed by atoms with E-state index in [1.165, 1.54) is 37.1 Å². The lowest BCUT2D eigenvalue weighted by atomic mass is 9.76. The molecule has 2 heterocycles. The van der Waals surface area contributed by atoms with Crippen LogP contribution in [0, 0.1) is 0 Å². The van der Waals surface area contributed by atoms with E-state index in [0.717, 1.165) is 28.6 Å². The Morgan fingerprint density at radius 3 is 2.41 bits per heavy atom. The molecule has 3 aromatic carbocycles. The van der Waals surface area contributed by atoms with Crippen molar-refractivity contribution in [1.29, 1.82) is 0 Å². The van der Waals surface area contributed by atoms with E-state index >= 15 is 0 Å². The minimum absolute atomic E-state index is 0.0608. The molecule has 0 bridgehead atoms. The minimum atomic E-state index is 0.0608. The molecule has 2 aliphatic heterocycles. The molecule has 1 fully saturated rings. The molecule has 3 aromatic rings. The molecule has 0 saturated carbocycles. The molecular formula is C27H28ClNO3. The van der Waals surface area contributed by atoms with Crippen LogP contribution in [0.3, 0.4) is 0 Å². The van der Waals surface area contributed by atoms with Gasteiger partial charge in [0.1, 0.15) is 23.9 Å². The summed E-state index contributed by atoms with van der Waals surface area (Å²) in [4.78, 5) is 2.45. The first-order valence-corrected chi connectivity index (χ1v) is 11.7. The van der Waals surface area contributed by atoms with E-state index in [4.69, 9.17) is 21.1 Å². The standard InChI is InChI=1S/C27H28ClNO3/c28-21-7-3-19(4-8-21)25-18-32-26-12-9-22(30)17-24(26)27(25)20-5-10-23(11-6-20)31-16-15-29-13-1-2-14-29/h3-12,17,25,27,30H,1-2,13-16,18H2/t25-,27+/m1/s1. The number of aromatic hydroxyl groups is 1. The number of halogens is 1. The highest BCUT2D eigenvalue weighted by Gasteiger charge is 2.33. The number of hydrogen-bond donors (Lipinski definition) is 1. The molecule has 0 radical (unpaired) electrons. The molecule has 0 aromatic heterocycles. The van der Waals surface area contributed by atoms with Crippen LogP contribution < -0.4 is 9.47 Å². The largest absolute Gasteiger partial charge is 0.508 e. The number of rotatable bonds is 6. The lowest BCUT2D eigenvalue weighted by Crippen LogP contribution is -2.25. The van der Waals surface area contributed by atoms with Crippen LogP contribution in [0.2, 0.25) is 5.02 Å². The molecular weight excluding hydrogens is 422 g/mol. The highest BCUT2D eigenvalue weighted by molar-refractivity contribution is 6.30. The van der Waals surface area contributed by atoms with Crippen LogP contribution in [-0.4, -0.2) is 42.9 Å². The maximum Gasteiger partial charge on any atom is 0.123 e. The Morgan fingerprint density at radius 1 is 0.938 bits per heavy atom. The van der Waals surface area contributed by atoms with E-state index in [-0.39, 0.29) is 17.6 Å². The maximum atomic E-state index is 10.2. The quantitative estimate of drug-likeness (QED) is 0.514. The zero-order valence-corrected chi connectivity index (χ0v) is 18.8. The van der Waals surface area contributed by atoms with Crippen molar-refractivity contribution in [1.82, 2.24) is 4.90 Å². The molecule has 0 unspecified atom stereocenters. The molecule has 1 saturated heterocycles. The molecule has 4 nitrogen and oxygen atoms in total. The number of phenols is 1. The molecule has 0 amide bonds. The molecule has 2 atom stereocenters. The van der Waals surface area contributed by atoms with E-state index in [1.54, 1.807) is 6.07 Å². The van der Waals surface area contributed by atoms with Gasteiger partial charge in [-0.2, -0.15) is 0 Å². The van der Waals surface area contributed by atoms with Gasteiger partial charge in [-0.15, -0.1) is 0 Å². The fraction of sp³-hybridized carbons (Fsp3) is 0.333. The van der Waals surface area contributed by atoms with Crippen molar-refractivity contribution in [2.24, 2.45) is 0 Å². The number of nitrogens with zero attached hydrogens (tertiary/aromatic N) is 1. The van der Waals surface area contributed by atoms with Crippen molar-refractivity contribution in [3.63, 3.8) is 0 Å². The third-order valence-electron chi connectivity index (χ3n) is 6.56. The third kappa shape index (κ3) is 4.57. The first-order chi connectivity index (χ1) is 15.7. The average molecular weight is 450 g/mol. The van der Waals surface area contributed by atoms with Crippen molar-refractivity contribution >= 4 is 11.6 Å². The number of fused-ring (bicyclic) bond motifs is 1. The maximum absolute atomic E-state index is 10.2. The van der Waals surface area contributed by atoms with Gasteiger partial charge in [0.25, 0.3) is 0 Å². The Labute approximate surface area is 194 Å². The fourth-order valence-electron chi connectivity index (χ4n) is 4.88. The van der Waals surface area contributed by atoms with E-state index in [1.807, 2.05) is 24.3 Å². The lowest BCUT2D eigenvalue weighted by Gasteiger charge is -2.34. The molecule has 0 aliphatic carbocycles. The van der Waals surface area contributed by atoms with E-state index in [2.05, 4.69) is 41.3 Å². The number of hydrogen-bond acceptors (Lipinski definition) is 4. The van der Waals surface area contributed by atoms with Gasteiger partial charge >= 0.3 is 0 Å². The average Bonchev–Trinajstić information content (AvgIpc) is 3.33. The summed E-state index contributed by atoms with van der Waals surface area (Å²) < 4.78 is 12.1. The summed E-state index contributed by atoms with van der Waals surface area (Å²) in [7, 11) is 0. The molecule has 5 heteroatoms. The van der Waals surface area contributed by atoms with E-state index in [9.17, 15) is 5.11 Å². The summed E-state index contributed by atoms with van der Waals surface area (Å²) in [5.74, 6) is 2.13. The second-order valence-electron chi connectivity index (χ2n) is 8.64. The van der Waals surface area contributed by atoms with E-state index in [0.29, 0.717) is 13.2 Å². The molecule has 2 aliphatic rings. The smallest absolute Gasteiger partial charge is 0.123 e. The first kappa shape index (κ1) is 21.2. The first-order valence-electron chi connectivity index (χ1n) is 11.3. The third-order valence-corrected chi connectivity index (χ3v) is 6.81. The Kier molecular flexibility index (Phi) is 6.24. The number of likely N-dealkylation sites (tertiary alicyclic amines) is 1. The summed E-state index contributed by atoms with van der Waals surface area (Å²) in [6.07, 6.45) is 2.59. The van der Waals surface area contributed by atoms with Crippen LogP contribution in [0.4, 0.5) is 0 Å². The number of ether oxygens (including phenoxy) is 2. The van der Waals surface area contributed by atoms with E-state index < -0.39 is 0 Å². The summed E-state index contributed by atoms with van der Waals surface area (Å²) in [6.45, 7) is 4.63. The monoisotopic (exact) mass is 449 g/mol. The van der Waals surface area contributed by atoms with Gasteiger partial charge in [0.15, 0.2) is 0 Å². The predicted octanol–water partition coefficient (Wildman–Crippen LogP) is 5.83. The van der Waals surface area contributed by atoms with Crippen molar-refractivity contribution < 1.29 is 14.6 Å². The highest BCUT2D eigenvalue weighted by atomic mass is 35.5.